The Morgan fingerprint density at radius 2 is 1.64 bits per heavy atom. The van der Waals surface area contributed by atoms with Crippen molar-refractivity contribution in [3.8, 4) is 12.1 Å². The Kier molecular flexibility index (Phi) is 4.26. The minimum Gasteiger partial charge on any atom is -0.294 e. The molecule has 2 aromatic carbocycles. The van der Waals surface area contributed by atoms with E-state index >= 15 is 0 Å². The number of carbonyl (C=O) groups is 1. The predicted octanol–water partition coefficient (Wildman–Crippen LogP) is 2.76. The van der Waals surface area contributed by atoms with Crippen LogP contribution in [0.15, 0.2) is 42.5 Å². The molecule has 0 heterocycles. The van der Waals surface area contributed by atoms with Gasteiger partial charge in [0.2, 0.25) is 0 Å². The van der Waals surface area contributed by atoms with Crippen LogP contribution in [0.1, 0.15) is 27.0 Å². The number of hydrogen-bond acceptors (Lipinski definition) is 5. The fraction of sp³-hybridized carbons (Fsp3) is 0.0625. The average molecular weight is 291 g/mol. The Labute approximate surface area is 126 Å². The highest BCUT2D eigenvalue weighted by atomic mass is 16.6. The highest BCUT2D eigenvalue weighted by Crippen LogP contribution is 2.22. The van der Waals surface area contributed by atoms with Gasteiger partial charge in [0.05, 0.1) is 28.2 Å². The van der Waals surface area contributed by atoms with Crippen molar-refractivity contribution in [1.29, 1.82) is 10.5 Å². The molecule has 106 valence electrons. The Balaban J connectivity index is 2.30. The number of carbonyl (C=O) groups excluding carboxylic acids is 1. The molecule has 0 N–H and O–H groups in total. The molecule has 0 fully saturated rings. The first kappa shape index (κ1) is 14.9. The SMILES string of the molecule is N#Cc1ccc(C(=O)Cc2ccc(C#N)cc2[N+](=O)[O-])cc1. The second kappa shape index (κ2) is 6.29. The fourth-order valence-corrected chi connectivity index (χ4v) is 1.96. The largest absolute Gasteiger partial charge is 0.294 e. The van der Waals surface area contributed by atoms with E-state index in [-0.39, 0.29) is 29.0 Å². The van der Waals surface area contributed by atoms with Gasteiger partial charge in [-0.3, -0.25) is 14.9 Å². The Bertz CT molecular complexity index is 827. The van der Waals surface area contributed by atoms with Gasteiger partial charge in [0.25, 0.3) is 5.69 Å². The molecule has 0 amide bonds. The van der Waals surface area contributed by atoms with E-state index in [1.165, 1.54) is 36.4 Å². The number of benzene rings is 2. The van der Waals surface area contributed by atoms with Gasteiger partial charge in [-0.05, 0) is 18.2 Å². The lowest BCUT2D eigenvalue weighted by Gasteiger charge is -2.03. The molecule has 0 unspecified atom stereocenters. The van der Waals surface area contributed by atoms with Crippen LogP contribution in [0.2, 0.25) is 0 Å². The number of ketones is 1. The first-order valence-corrected chi connectivity index (χ1v) is 6.26. The summed E-state index contributed by atoms with van der Waals surface area (Å²) in [6, 6.07) is 13.8. The summed E-state index contributed by atoms with van der Waals surface area (Å²) in [6.07, 6.45) is -0.145. The molecule has 6 nitrogen and oxygen atoms in total. The van der Waals surface area contributed by atoms with Crippen LogP contribution in [0.5, 0.6) is 0 Å². The quantitative estimate of drug-likeness (QED) is 0.489. The third-order valence-electron chi connectivity index (χ3n) is 3.10. The molecule has 0 aliphatic carbocycles. The number of nitrogens with zero attached hydrogens (tertiary/aromatic N) is 3. The van der Waals surface area contributed by atoms with E-state index < -0.39 is 4.92 Å². The number of nitro benzene ring substituents is 1. The van der Waals surface area contributed by atoms with Crippen LogP contribution in [0.25, 0.3) is 0 Å². The zero-order valence-electron chi connectivity index (χ0n) is 11.3. The molecular weight excluding hydrogens is 282 g/mol. The molecule has 0 aliphatic rings. The minimum absolute atomic E-state index is 0.145. The monoisotopic (exact) mass is 291 g/mol. The van der Waals surface area contributed by atoms with Crippen LogP contribution < -0.4 is 0 Å². The second-order valence-corrected chi connectivity index (χ2v) is 4.50. The van der Waals surface area contributed by atoms with Crippen molar-refractivity contribution < 1.29 is 9.72 Å². The molecule has 0 bridgehead atoms. The smallest absolute Gasteiger partial charge is 0.274 e. The Morgan fingerprint density at radius 1 is 1.05 bits per heavy atom. The first-order valence-electron chi connectivity index (χ1n) is 6.26. The lowest BCUT2D eigenvalue weighted by atomic mass is 10.00. The van der Waals surface area contributed by atoms with Crippen LogP contribution in [-0.4, -0.2) is 10.7 Å². The maximum absolute atomic E-state index is 12.2. The third kappa shape index (κ3) is 3.14. The van der Waals surface area contributed by atoms with E-state index in [0.717, 1.165) is 6.07 Å². The number of Topliss-reactive ketones (excluding diaryl/α,β-unsaturated/α-hetero) is 1. The molecule has 2 rings (SSSR count). The molecule has 22 heavy (non-hydrogen) atoms. The van der Waals surface area contributed by atoms with E-state index in [2.05, 4.69) is 0 Å². The number of rotatable bonds is 4. The van der Waals surface area contributed by atoms with E-state index in [4.69, 9.17) is 10.5 Å². The maximum Gasteiger partial charge on any atom is 0.274 e. The van der Waals surface area contributed by atoms with Crippen molar-refractivity contribution in [2.24, 2.45) is 0 Å². The van der Waals surface area contributed by atoms with E-state index in [0.29, 0.717) is 11.1 Å². The summed E-state index contributed by atoms with van der Waals surface area (Å²) < 4.78 is 0. The van der Waals surface area contributed by atoms with Crippen molar-refractivity contribution in [3.63, 3.8) is 0 Å². The summed E-state index contributed by atoms with van der Waals surface area (Å²) >= 11 is 0. The summed E-state index contributed by atoms with van der Waals surface area (Å²) in [4.78, 5) is 22.6. The van der Waals surface area contributed by atoms with Crippen LogP contribution in [0.3, 0.4) is 0 Å². The second-order valence-electron chi connectivity index (χ2n) is 4.50. The van der Waals surface area contributed by atoms with E-state index in [1.54, 1.807) is 0 Å². The fourth-order valence-electron chi connectivity index (χ4n) is 1.96. The molecule has 0 aliphatic heterocycles. The van der Waals surface area contributed by atoms with Crippen molar-refractivity contribution in [2.45, 2.75) is 6.42 Å². The summed E-state index contributed by atoms with van der Waals surface area (Å²) in [5.74, 6) is -0.294. The number of nitro groups is 1. The van der Waals surface area contributed by atoms with Crippen molar-refractivity contribution in [1.82, 2.24) is 0 Å². The standard InChI is InChI=1S/C16H9N3O3/c17-9-11-1-4-13(5-2-11)16(20)8-14-6-3-12(10-18)7-15(14)19(21)22/h1-7H,8H2. The summed E-state index contributed by atoms with van der Waals surface area (Å²) in [5.41, 5.74) is 0.972. The van der Waals surface area contributed by atoms with Gasteiger partial charge in [-0.15, -0.1) is 0 Å². The van der Waals surface area contributed by atoms with Crippen LogP contribution in [0.4, 0.5) is 5.69 Å². The lowest BCUT2D eigenvalue weighted by Crippen LogP contribution is -2.06. The topological polar surface area (TPSA) is 108 Å². The van der Waals surface area contributed by atoms with Gasteiger partial charge in [-0.25, -0.2) is 0 Å². The van der Waals surface area contributed by atoms with E-state index in [1.807, 2.05) is 12.1 Å². The number of hydrogen-bond donors (Lipinski definition) is 0. The lowest BCUT2D eigenvalue weighted by molar-refractivity contribution is -0.385. The molecule has 0 atom stereocenters. The van der Waals surface area contributed by atoms with Gasteiger partial charge in [0, 0.05) is 23.6 Å². The van der Waals surface area contributed by atoms with Gasteiger partial charge in [-0.2, -0.15) is 10.5 Å². The van der Waals surface area contributed by atoms with Crippen molar-refractivity contribution in [3.05, 3.63) is 74.8 Å². The van der Waals surface area contributed by atoms with Gasteiger partial charge < -0.3 is 0 Å². The molecule has 0 saturated carbocycles. The van der Waals surface area contributed by atoms with Crippen molar-refractivity contribution in [2.75, 3.05) is 0 Å². The highest BCUT2D eigenvalue weighted by Gasteiger charge is 2.18. The van der Waals surface area contributed by atoms with Crippen LogP contribution in [-0.2, 0) is 6.42 Å². The van der Waals surface area contributed by atoms with Gasteiger partial charge in [0.1, 0.15) is 0 Å². The Hall–Kier alpha value is -3.51. The normalized spacial score (nSPS) is 9.55. The molecule has 0 saturated heterocycles. The maximum atomic E-state index is 12.2. The van der Waals surface area contributed by atoms with Gasteiger partial charge in [0.15, 0.2) is 5.78 Å². The molecule has 0 radical (unpaired) electrons. The zero-order valence-corrected chi connectivity index (χ0v) is 11.3. The summed E-state index contributed by atoms with van der Waals surface area (Å²) in [7, 11) is 0. The van der Waals surface area contributed by atoms with Crippen molar-refractivity contribution >= 4 is 11.5 Å². The highest BCUT2D eigenvalue weighted by molar-refractivity contribution is 5.98. The summed E-state index contributed by atoms with van der Waals surface area (Å²) in [5, 5.41) is 28.5. The van der Waals surface area contributed by atoms with E-state index in [9.17, 15) is 14.9 Å². The molecule has 2 aromatic rings. The predicted molar refractivity (Wildman–Crippen MR) is 77.0 cm³/mol. The molecular formula is C16H9N3O3. The molecule has 0 aromatic heterocycles. The van der Waals surface area contributed by atoms with Crippen LogP contribution in [0, 0.1) is 32.8 Å². The first-order chi connectivity index (χ1) is 10.5. The van der Waals surface area contributed by atoms with Crippen LogP contribution >= 0.6 is 0 Å². The van der Waals surface area contributed by atoms with Gasteiger partial charge >= 0.3 is 0 Å². The van der Waals surface area contributed by atoms with Gasteiger partial charge in [-0.1, -0.05) is 18.2 Å². The number of nitriles is 2. The molecule has 0 spiro atoms. The third-order valence-corrected chi connectivity index (χ3v) is 3.10. The average Bonchev–Trinajstić information content (AvgIpc) is 2.55. The summed E-state index contributed by atoms with van der Waals surface area (Å²) in [6.45, 7) is 0. The Morgan fingerprint density at radius 3 is 2.18 bits per heavy atom. The minimum atomic E-state index is -0.609. The zero-order chi connectivity index (χ0) is 16.1. The molecule has 6 heteroatoms.